The van der Waals surface area contributed by atoms with Gasteiger partial charge in [-0.2, -0.15) is 0 Å². The van der Waals surface area contributed by atoms with Gasteiger partial charge in [-0.1, -0.05) is 24.3 Å². The molecule has 2 aliphatic rings. The third kappa shape index (κ3) is 1.80. The number of benzene rings is 1. The number of rotatable bonds is 1. The Bertz CT molecular complexity index is 772. The lowest BCUT2D eigenvalue weighted by Crippen LogP contribution is -2.44. The maximum atomic E-state index is 12.9. The Hall–Kier alpha value is -2.49. The van der Waals surface area contributed by atoms with Crippen LogP contribution in [0.1, 0.15) is 45.2 Å². The molecular formula is C18H14O4. The molecule has 0 saturated heterocycles. The van der Waals surface area contributed by atoms with E-state index >= 15 is 0 Å². The van der Waals surface area contributed by atoms with Gasteiger partial charge in [0.2, 0.25) is 0 Å². The van der Waals surface area contributed by atoms with Crippen molar-refractivity contribution in [2.45, 2.75) is 18.8 Å². The SMILES string of the molecule is O=C1CC2C(=O)c3ccccc3C(=O)C2C(c2ccco2)C1. The number of hydrogen-bond acceptors (Lipinski definition) is 4. The number of carbonyl (C=O) groups excluding carboxylic acids is 3. The van der Waals surface area contributed by atoms with Crippen molar-refractivity contribution in [2.75, 3.05) is 0 Å². The summed E-state index contributed by atoms with van der Waals surface area (Å²) in [5.74, 6) is -0.901. The molecule has 1 fully saturated rings. The van der Waals surface area contributed by atoms with Gasteiger partial charge in [0.1, 0.15) is 11.5 Å². The third-order valence-electron chi connectivity index (χ3n) is 4.77. The van der Waals surface area contributed by atoms with E-state index in [-0.39, 0.29) is 36.1 Å². The Balaban J connectivity index is 1.86. The second-order valence-electron chi connectivity index (χ2n) is 5.98. The van der Waals surface area contributed by atoms with Gasteiger partial charge in [-0.3, -0.25) is 14.4 Å². The quantitative estimate of drug-likeness (QED) is 0.811. The van der Waals surface area contributed by atoms with Gasteiger partial charge >= 0.3 is 0 Å². The molecule has 22 heavy (non-hydrogen) atoms. The largest absolute Gasteiger partial charge is 0.469 e. The van der Waals surface area contributed by atoms with Crippen LogP contribution in [0.5, 0.6) is 0 Å². The Morgan fingerprint density at radius 1 is 0.818 bits per heavy atom. The summed E-state index contributed by atoms with van der Waals surface area (Å²) in [4.78, 5) is 37.7. The van der Waals surface area contributed by atoms with Crippen LogP contribution in [0.4, 0.5) is 0 Å². The average Bonchev–Trinajstić information content (AvgIpc) is 3.06. The van der Waals surface area contributed by atoms with E-state index in [1.807, 2.05) is 0 Å². The molecule has 4 nitrogen and oxygen atoms in total. The molecule has 0 spiro atoms. The summed E-state index contributed by atoms with van der Waals surface area (Å²) < 4.78 is 5.43. The first-order valence-corrected chi connectivity index (χ1v) is 7.39. The third-order valence-corrected chi connectivity index (χ3v) is 4.77. The van der Waals surface area contributed by atoms with Crippen LogP contribution in [0.3, 0.4) is 0 Å². The topological polar surface area (TPSA) is 64.3 Å². The van der Waals surface area contributed by atoms with Crippen LogP contribution in [-0.2, 0) is 4.79 Å². The zero-order valence-corrected chi connectivity index (χ0v) is 11.8. The lowest BCUT2D eigenvalue weighted by Gasteiger charge is -2.38. The van der Waals surface area contributed by atoms with Crippen LogP contribution in [0.25, 0.3) is 0 Å². The molecule has 2 aliphatic carbocycles. The molecule has 1 heterocycles. The van der Waals surface area contributed by atoms with E-state index in [1.54, 1.807) is 36.4 Å². The zero-order chi connectivity index (χ0) is 15.3. The number of hydrogen-bond donors (Lipinski definition) is 0. The zero-order valence-electron chi connectivity index (χ0n) is 11.8. The van der Waals surface area contributed by atoms with Crippen LogP contribution < -0.4 is 0 Å². The fourth-order valence-electron chi connectivity index (χ4n) is 3.80. The molecule has 1 saturated carbocycles. The number of fused-ring (bicyclic) bond motifs is 2. The molecule has 0 radical (unpaired) electrons. The van der Waals surface area contributed by atoms with Crippen molar-refractivity contribution in [3.63, 3.8) is 0 Å². The molecule has 1 aromatic heterocycles. The summed E-state index contributed by atoms with van der Waals surface area (Å²) in [6.07, 6.45) is 1.95. The predicted octanol–water partition coefficient (Wildman–Crippen LogP) is 3.04. The van der Waals surface area contributed by atoms with Crippen LogP contribution >= 0.6 is 0 Å². The van der Waals surface area contributed by atoms with Gasteiger partial charge in [0, 0.05) is 41.7 Å². The molecule has 4 heteroatoms. The van der Waals surface area contributed by atoms with Crippen molar-refractivity contribution in [1.29, 1.82) is 0 Å². The highest BCUT2D eigenvalue weighted by Gasteiger charge is 2.50. The van der Waals surface area contributed by atoms with E-state index in [1.165, 1.54) is 6.26 Å². The smallest absolute Gasteiger partial charge is 0.168 e. The maximum absolute atomic E-state index is 12.9. The first-order chi connectivity index (χ1) is 10.7. The Morgan fingerprint density at radius 3 is 2.18 bits per heavy atom. The van der Waals surface area contributed by atoms with E-state index in [2.05, 4.69) is 0 Å². The minimum absolute atomic E-state index is 0.0168. The Labute approximate surface area is 127 Å². The van der Waals surface area contributed by atoms with Gasteiger partial charge in [-0.15, -0.1) is 0 Å². The van der Waals surface area contributed by atoms with Crippen molar-refractivity contribution >= 4 is 17.3 Å². The van der Waals surface area contributed by atoms with Crippen molar-refractivity contribution in [3.05, 3.63) is 59.5 Å². The minimum Gasteiger partial charge on any atom is -0.469 e. The molecule has 0 N–H and O–H groups in total. The van der Waals surface area contributed by atoms with Gasteiger partial charge < -0.3 is 4.42 Å². The van der Waals surface area contributed by atoms with E-state index in [0.717, 1.165) is 0 Å². The van der Waals surface area contributed by atoms with Crippen molar-refractivity contribution in [1.82, 2.24) is 0 Å². The summed E-state index contributed by atoms with van der Waals surface area (Å²) in [6.45, 7) is 0. The predicted molar refractivity (Wildman–Crippen MR) is 77.8 cm³/mol. The van der Waals surface area contributed by atoms with Crippen LogP contribution in [0.2, 0.25) is 0 Å². The molecule has 2 aromatic rings. The Kier molecular flexibility index (Phi) is 2.86. The van der Waals surface area contributed by atoms with E-state index in [0.29, 0.717) is 16.9 Å². The van der Waals surface area contributed by atoms with Gasteiger partial charge in [-0.05, 0) is 12.1 Å². The fourth-order valence-corrected chi connectivity index (χ4v) is 3.80. The highest BCUT2D eigenvalue weighted by Crippen LogP contribution is 2.46. The molecular weight excluding hydrogens is 280 g/mol. The summed E-state index contributed by atoms with van der Waals surface area (Å²) in [6, 6.07) is 10.4. The lowest BCUT2D eigenvalue weighted by atomic mass is 9.62. The van der Waals surface area contributed by atoms with Crippen molar-refractivity contribution in [2.24, 2.45) is 11.8 Å². The highest BCUT2D eigenvalue weighted by atomic mass is 16.3. The molecule has 0 amide bonds. The van der Waals surface area contributed by atoms with Gasteiger partial charge in [0.25, 0.3) is 0 Å². The number of ketones is 3. The van der Waals surface area contributed by atoms with Crippen LogP contribution in [0, 0.1) is 11.8 Å². The molecule has 4 rings (SSSR count). The van der Waals surface area contributed by atoms with Gasteiger partial charge in [0.05, 0.1) is 6.26 Å². The summed E-state index contributed by atoms with van der Waals surface area (Å²) >= 11 is 0. The monoisotopic (exact) mass is 294 g/mol. The van der Waals surface area contributed by atoms with Gasteiger partial charge in [-0.25, -0.2) is 0 Å². The van der Waals surface area contributed by atoms with Crippen molar-refractivity contribution in [3.8, 4) is 0 Å². The van der Waals surface area contributed by atoms with Crippen molar-refractivity contribution < 1.29 is 18.8 Å². The standard InChI is InChI=1S/C18H14O4/c19-10-8-13(15-6-3-7-22-15)16-14(9-10)17(20)11-4-1-2-5-12(11)18(16)21/h1-7,13-14,16H,8-9H2. The average molecular weight is 294 g/mol. The number of carbonyl (C=O) groups is 3. The second-order valence-corrected chi connectivity index (χ2v) is 5.98. The summed E-state index contributed by atoms with van der Waals surface area (Å²) in [7, 11) is 0. The Morgan fingerprint density at radius 2 is 1.50 bits per heavy atom. The van der Waals surface area contributed by atoms with Gasteiger partial charge in [0.15, 0.2) is 11.6 Å². The number of Topliss-reactive ketones (excluding diaryl/α,β-unsaturated/α-hetero) is 3. The normalized spacial score (nSPS) is 27.5. The molecule has 110 valence electrons. The molecule has 3 atom stereocenters. The minimum atomic E-state index is -0.557. The first kappa shape index (κ1) is 13.2. The fraction of sp³-hybridized carbons (Fsp3) is 0.278. The van der Waals surface area contributed by atoms with E-state index in [9.17, 15) is 14.4 Å². The molecule has 3 unspecified atom stereocenters. The first-order valence-electron chi connectivity index (χ1n) is 7.39. The maximum Gasteiger partial charge on any atom is 0.168 e. The van der Waals surface area contributed by atoms with Crippen LogP contribution in [0.15, 0.2) is 47.1 Å². The molecule has 1 aromatic carbocycles. The van der Waals surface area contributed by atoms with E-state index in [4.69, 9.17) is 4.42 Å². The molecule has 0 bridgehead atoms. The summed E-state index contributed by atoms with van der Waals surface area (Å²) in [5.41, 5.74) is 0.918. The summed E-state index contributed by atoms with van der Waals surface area (Å²) in [5, 5.41) is 0. The van der Waals surface area contributed by atoms with Crippen LogP contribution in [-0.4, -0.2) is 17.3 Å². The second kappa shape index (κ2) is 4.77. The molecule has 0 aliphatic heterocycles. The number of furan rings is 1. The van der Waals surface area contributed by atoms with E-state index < -0.39 is 11.8 Å². The highest BCUT2D eigenvalue weighted by molar-refractivity contribution is 6.17. The lowest BCUT2D eigenvalue weighted by molar-refractivity contribution is -0.122.